The molecular formula is C24H18BrClN2O3. The van der Waals surface area contributed by atoms with Crippen molar-refractivity contribution < 1.29 is 14.3 Å². The molecule has 0 aromatic heterocycles. The Morgan fingerprint density at radius 2 is 1.87 bits per heavy atom. The van der Waals surface area contributed by atoms with Gasteiger partial charge in [-0.1, -0.05) is 27.5 Å². The molecule has 0 fully saturated rings. The molecule has 0 saturated heterocycles. The maximum atomic E-state index is 13.4. The second-order valence-corrected chi connectivity index (χ2v) is 8.75. The van der Waals surface area contributed by atoms with E-state index in [0.29, 0.717) is 22.8 Å². The van der Waals surface area contributed by atoms with E-state index in [9.17, 15) is 4.79 Å². The van der Waals surface area contributed by atoms with Crippen LogP contribution in [0.2, 0.25) is 5.02 Å². The van der Waals surface area contributed by atoms with Crippen LogP contribution >= 0.6 is 27.5 Å². The lowest BCUT2D eigenvalue weighted by Crippen LogP contribution is -2.45. The van der Waals surface area contributed by atoms with Crippen LogP contribution in [0.1, 0.15) is 33.9 Å². The third-order valence-electron chi connectivity index (χ3n) is 5.53. The van der Waals surface area contributed by atoms with Gasteiger partial charge < -0.3 is 9.47 Å². The molecule has 2 heterocycles. The van der Waals surface area contributed by atoms with Crippen molar-refractivity contribution in [1.82, 2.24) is 5.01 Å². The number of halogens is 2. The maximum absolute atomic E-state index is 13.4. The smallest absolute Gasteiger partial charge is 0.251 e. The van der Waals surface area contributed by atoms with Crippen LogP contribution in [-0.2, 0) is 0 Å². The first-order chi connectivity index (χ1) is 15.0. The second kappa shape index (κ2) is 8.02. The highest BCUT2D eigenvalue weighted by Gasteiger charge is 2.43. The number of carbonyl (C=O) groups excluding carboxylic acids is 1. The molecule has 0 amide bonds. The lowest BCUT2D eigenvalue weighted by Gasteiger charge is -2.37. The average molecular weight is 498 g/mol. The summed E-state index contributed by atoms with van der Waals surface area (Å²) < 4.78 is 12.4. The Balaban J connectivity index is 1.55. The minimum Gasteiger partial charge on any atom is -0.497 e. The second-order valence-electron chi connectivity index (χ2n) is 7.40. The lowest BCUT2D eigenvalue weighted by atomic mass is 9.95. The monoisotopic (exact) mass is 496 g/mol. The quantitative estimate of drug-likeness (QED) is 0.424. The van der Waals surface area contributed by atoms with Gasteiger partial charge in [0.15, 0.2) is 0 Å². The molecule has 5 rings (SSSR count). The molecule has 0 aliphatic carbocycles. The van der Waals surface area contributed by atoms with E-state index >= 15 is 0 Å². The van der Waals surface area contributed by atoms with Crippen molar-refractivity contribution in [1.29, 1.82) is 0 Å². The molecule has 3 aromatic carbocycles. The molecule has 31 heavy (non-hydrogen) atoms. The summed E-state index contributed by atoms with van der Waals surface area (Å²) in [6.07, 6.45) is -0.181. The van der Waals surface area contributed by atoms with E-state index in [1.807, 2.05) is 42.5 Å². The number of hydrogen-bond donors (Lipinski definition) is 0. The number of Topliss-reactive ketones (excluding diaryl/α,β-unsaturated/α-hetero) is 1. The highest BCUT2D eigenvalue weighted by Crippen LogP contribution is 2.44. The molecule has 0 radical (unpaired) electrons. The van der Waals surface area contributed by atoms with Gasteiger partial charge in [-0.25, -0.2) is 5.01 Å². The lowest BCUT2D eigenvalue weighted by molar-refractivity contribution is -0.00459. The van der Waals surface area contributed by atoms with Gasteiger partial charge >= 0.3 is 0 Å². The summed E-state index contributed by atoms with van der Waals surface area (Å²) >= 11 is 9.54. The van der Waals surface area contributed by atoms with E-state index < -0.39 is 6.23 Å². The van der Waals surface area contributed by atoms with Crippen molar-refractivity contribution in [2.24, 2.45) is 5.10 Å². The number of ether oxygens (including phenoxy) is 2. The molecule has 156 valence electrons. The normalized spacial score (nSPS) is 19.2. The summed E-state index contributed by atoms with van der Waals surface area (Å²) in [6, 6.07) is 20.4. The first-order valence-electron chi connectivity index (χ1n) is 9.79. The zero-order valence-electron chi connectivity index (χ0n) is 16.6. The molecule has 2 aliphatic heterocycles. The molecule has 0 unspecified atom stereocenters. The van der Waals surface area contributed by atoms with Gasteiger partial charge in [0.05, 0.1) is 18.9 Å². The van der Waals surface area contributed by atoms with Gasteiger partial charge in [0, 0.05) is 27.0 Å². The number of nitrogens with zero attached hydrogens (tertiary/aromatic N) is 2. The van der Waals surface area contributed by atoms with Crippen LogP contribution in [0.25, 0.3) is 0 Å². The largest absolute Gasteiger partial charge is 0.497 e. The van der Waals surface area contributed by atoms with Crippen molar-refractivity contribution in [3.63, 3.8) is 0 Å². The summed E-state index contributed by atoms with van der Waals surface area (Å²) in [5.74, 6) is 1.33. The van der Waals surface area contributed by atoms with E-state index in [2.05, 4.69) is 15.9 Å². The SMILES string of the molecule is COc1ccc(C2=NN3[C@H](C2)c2cc(Br)ccc2O[C@H]3C(=O)c2ccc(Cl)cc2)cc1. The van der Waals surface area contributed by atoms with Crippen molar-refractivity contribution in [3.8, 4) is 11.5 Å². The molecule has 0 saturated carbocycles. The van der Waals surface area contributed by atoms with Gasteiger partial charge in [0.25, 0.3) is 6.23 Å². The number of methoxy groups -OCH3 is 1. The fraction of sp³-hybridized carbons (Fsp3) is 0.167. The Labute approximate surface area is 193 Å². The van der Waals surface area contributed by atoms with Crippen LogP contribution in [0.15, 0.2) is 76.3 Å². The van der Waals surface area contributed by atoms with Crippen LogP contribution < -0.4 is 9.47 Å². The Bertz CT molecular complexity index is 1180. The number of carbonyl (C=O) groups is 1. The Kier molecular flexibility index (Phi) is 5.20. The fourth-order valence-electron chi connectivity index (χ4n) is 3.95. The van der Waals surface area contributed by atoms with Crippen molar-refractivity contribution in [2.45, 2.75) is 18.7 Å². The average Bonchev–Trinajstić information content (AvgIpc) is 3.24. The number of fused-ring (bicyclic) bond motifs is 3. The van der Waals surface area contributed by atoms with Crippen LogP contribution in [0.3, 0.4) is 0 Å². The fourth-order valence-corrected chi connectivity index (χ4v) is 4.45. The number of hydrazone groups is 1. The van der Waals surface area contributed by atoms with Crippen molar-refractivity contribution >= 4 is 39.0 Å². The minimum absolute atomic E-state index is 0.0976. The van der Waals surface area contributed by atoms with Crippen LogP contribution in [0.4, 0.5) is 0 Å². The zero-order chi connectivity index (χ0) is 21.5. The topological polar surface area (TPSA) is 51.1 Å². The van der Waals surface area contributed by atoms with E-state index in [4.69, 9.17) is 26.2 Å². The van der Waals surface area contributed by atoms with Crippen molar-refractivity contribution in [2.75, 3.05) is 7.11 Å². The Hall–Kier alpha value is -2.83. The van der Waals surface area contributed by atoms with Crippen molar-refractivity contribution in [3.05, 3.63) is 92.9 Å². The van der Waals surface area contributed by atoms with Gasteiger partial charge in [-0.2, -0.15) is 5.10 Å². The highest BCUT2D eigenvalue weighted by atomic mass is 79.9. The Morgan fingerprint density at radius 3 is 2.58 bits per heavy atom. The Morgan fingerprint density at radius 1 is 1.13 bits per heavy atom. The maximum Gasteiger partial charge on any atom is 0.251 e. The molecule has 2 aliphatic rings. The molecule has 0 spiro atoms. The molecule has 3 aromatic rings. The zero-order valence-corrected chi connectivity index (χ0v) is 18.9. The predicted octanol–water partition coefficient (Wildman–Crippen LogP) is 5.86. The van der Waals surface area contributed by atoms with E-state index in [1.54, 1.807) is 36.4 Å². The number of benzene rings is 3. The third kappa shape index (κ3) is 3.70. The van der Waals surface area contributed by atoms with Gasteiger partial charge in [0.1, 0.15) is 11.5 Å². The van der Waals surface area contributed by atoms with Crippen LogP contribution in [0, 0.1) is 0 Å². The van der Waals surface area contributed by atoms with E-state index in [-0.39, 0.29) is 11.8 Å². The molecule has 0 bridgehead atoms. The van der Waals surface area contributed by atoms with Crippen LogP contribution in [-0.4, -0.2) is 29.8 Å². The number of rotatable bonds is 4. The molecule has 7 heteroatoms. The number of hydrogen-bond acceptors (Lipinski definition) is 5. The van der Waals surface area contributed by atoms with Gasteiger partial charge in [-0.15, -0.1) is 0 Å². The van der Waals surface area contributed by atoms with Crippen LogP contribution in [0.5, 0.6) is 11.5 Å². The summed E-state index contributed by atoms with van der Waals surface area (Å²) in [5, 5.41) is 7.19. The third-order valence-corrected chi connectivity index (χ3v) is 6.27. The van der Waals surface area contributed by atoms with E-state index in [1.165, 1.54) is 0 Å². The first-order valence-corrected chi connectivity index (χ1v) is 11.0. The first kappa shape index (κ1) is 20.1. The molecule has 2 atom stereocenters. The molecule has 5 nitrogen and oxygen atoms in total. The number of ketones is 1. The minimum atomic E-state index is -0.851. The molecular weight excluding hydrogens is 480 g/mol. The van der Waals surface area contributed by atoms with E-state index in [0.717, 1.165) is 27.1 Å². The summed E-state index contributed by atoms with van der Waals surface area (Å²) in [6.45, 7) is 0. The van der Waals surface area contributed by atoms with Gasteiger partial charge in [-0.3, -0.25) is 4.79 Å². The summed E-state index contributed by atoms with van der Waals surface area (Å²) in [4.78, 5) is 13.4. The summed E-state index contributed by atoms with van der Waals surface area (Å²) in [7, 11) is 1.64. The van der Waals surface area contributed by atoms with Gasteiger partial charge in [0.2, 0.25) is 5.78 Å². The van der Waals surface area contributed by atoms with Gasteiger partial charge in [-0.05, 0) is 72.3 Å². The molecule has 0 N–H and O–H groups in total. The predicted molar refractivity (Wildman–Crippen MR) is 123 cm³/mol. The highest BCUT2D eigenvalue weighted by molar-refractivity contribution is 9.10. The standard InChI is InChI=1S/C24H18BrClN2O3/c1-30-18-9-4-14(5-10-18)20-13-21-19-12-16(25)6-11-22(19)31-24(28(21)27-20)23(29)15-2-7-17(26)8-3-15/h2-12,21,24H,13H2,1H3/t21-,24+/m1/s1. The summed E-state index contributed by atoms with van der Waals surface area (Å²) in [5.41, 5.74) is 3.42.